The van der Waals surface area contributed by atoms with E-state index in [4.69, 9.17) is 4.74 Å². The SMILES string of the molecule is COc1ccc(CC(=O)NCc2nnc(SCC(=O)Nc3c(C)cc(C)cc3C)n2C)cc1. The Morgan fingerprint density at radius 3 is 2.33 bits per heavy atom. The minimum absolute atomic E-state index is 0.104. The minimum Gasteiger partial charge on any atom is -0.497 e. The summed E-state index contributed by atoms with van der Waals surface area (Å²) in [5.74, 6) is 1.36. The monoisotopic (exact) mass is 467 g/mol. The van der Waals surface area contributed by atoms with E-state index in [9.17, 15) is 9.59 Å². The molecule has 3 aromatic rings. The lowest BCUT2D eigenvalue weighted by atomic mass is 10.1. The smallest absolute Gasteiger partial charge is 0.234 e. The minimum atomic E-state index is -0.111. The summed E-state index contributed by atoms with van der Waals surface area (Å²) in [7, 11) is 3.42. The number of amides is 2. The number of carbonyl (C=O) groups is 2. The van der Waals surface area contributed by atoms with E-state index in [0.29, 0.717) is 11.0 Å². The number of ether oxygens (including phenoxy) is 1. The van der Waals surface area contributed by atoms with Crippen LogP contribution in [-0.4, -0.2) is 39.4 Å². The van der Waals surface area contributed by atoms with Crippen molar-refractivity contribution in [1.82, 2.24) is 20.1 Å². The van der Waals surface area contributed by atoms with Crippen LogP contribution in [0.1, 0.15) is 28.1 Å². The Labute approximate surface area is 198 Å². The predicted octanol–water partition coefficient (Wildman–Crippen LogP) is 3.34. The lowest BCUT2D eigenvalue weighted by Crippen LogP contribution is -2.26. The average Bonchev–Trinajstić information content (AvgIpc) is 3.13. The molecule has 0 radical (unpaired) electrons. The second-order valence-corrected chi connectivity index (χ2v) is 8.81. The molecule has 0 aliphatic rings. The fourth-order valence-corrected chi connectivity index (χ4v) is 4.21. The normalized spacial score (nSPS) is 10.7. The van der Waals surface area contributed by atoms with E-state index in [1.54, 1.807) is 11.7 Å². The van der Waals surface area contributed by atoms with Crippen LogP contribution in [0, 0.1) is 20.8 Å². The molecule has 0 unspecified atom stereocenters. The van der Waals surface area contributed by atoms with E-state index in [0.717, 1.165) is 28.1 Å². The second-order valence-electron chi connectivity index (χ2n) is 7.87. The van der Waals surface area contributed by atoms with Crippen LogP contribution < -0.4 is 15.4 Å². The Balaban J connectivity index is 1.50. The van der Waals surface area contributed by atoms with Crippen LogP contribution in [0.2, 0.25) is 0 Å². The van der Waals surface area contributed by atoms with Gasteiger partial charge in [-0.1, -0.05) is 41.6 Å². The number of benzene rings is 2. The molecular weight excluding hydrogens is 438 g/mol. The van der Waals surface area contributed by atoms with Gasteiger partial charge in [0.25, 0.3) is 0 Å². The van der Waals surface area contributed by atoms with Crippen molar-refractivity contribution in [1.29, 1.82) is 0 Å². The number of nitrogens with zero attached hydrogens (tertiary/aromatic N) is 3. The van der Waals surface area contributed by atoms with Crippen molar-refractivity contribution in [2.75, 3.05) is 18.2 Å². The van der Waals surface area contributed by atoms with Crippen molar-refractivity contribution in [3.8, 4) is 5.75 Å². The van der Waals surface area contributed by atoms with Gasteiger partial charge in [-0.3, -0.25) is 9.59 Å². The molecule has 9 heteroatoms. The molecule has 0 atom stereocenters. The van der Waals surface area contributed by atoms with Crippen LogP contribution in [0.4, 0.5) is 5.69 Å². The molecule has 1 aromatic heterocycles. The van der Waals surface area contributed by atoms with Gasteiger partial charge in [0.05, 0.1) is 25.8 Å². The summed E-state index contributed by atoms with van der Waals surface area (Å²) >= 11 is 1.30. The van der Waals surface area contributed by atoms with Crippen LogP contribution in [0.5, 0.6) is 5.75 Å². The fourth-order valence-electron chi connectivity index (χ4n) is 3.48. The van der Waals surface area contributed by atoms with Gasteiger partial charge in [-0.15, -0.1) is 10.2 Å². The molecule has 2 amide bonds. The summed E-state index contributed by atoms with van der Waals surface area (Å²) in [6.45, 7) is 6.27. The van der Waals surface area contributed by atoms with Gasteiger partial charge in [-0.05, 0) is 49.6 Å². The molecule has 0 aliphatic carbocycles. The highest BCUT2D eigenvalue weighted by atomic mass is 32.2. The molecule has 3 rings (SSSR count). The molecular formula is C24H29N5O3S. The third-order valence-electron chi connectivity index (χ3n) is 5.17. The third kappa shape index (κ3) is 6.58. The van der Waals surface area contributed by atoms with Crippen LogP contribution in [0.3, 0.4) is 0 Å². The van der Waals surface area contributed by atoms with E-state index >= 15 is 0 Å². The number of nitrogens with one attached hydrogen (secondary N) is 2. The first kappa shape index (κ1) is 24.3. The van der Waals surface area contributed by atoms with Gasteiger partial charge in [0.2, 0.25) is 11.8 Å². The molecule has 0 bridgehead atoms. The first-order chi connectivity index (χ1) is 15.8. The number of anilines is 1. The summed E-state index contributed by atoms with van der Waals surface area (Å²) in [5, 5.41) is 14.8. The van der Waals surface area contributed by atoms with Crippen molar-refractivity contribution < 1.29 is 14.3 Å². The lowest BCUT2D eigenvalue weighted by molar-refractivity contribution is -0.120. The molecule has 1 heterocycles. The van der Waals surface area contributed by atoms with Gasteiger partial charge in [0.1, 0.15) is 5.75 Å². The van der Waals surface area contributed by atoms with Crippen molar-refractivity contribution in [2.45, 2.75) is 38.9 Å². The Kier molecular flexibility index (Phi) is 8.11. The van der Waals surface area contributed by atoms with Gasteiger partial charge in [-0.25, -0.2) is 0 Å². The Bertz CT molecular complexity index is 1120. The summed E-state index contributed by atoms with van der Waals surface area (Å²) in [5.41, 5.74) is 4.99. The molecule has 0 saturated heterocycles. The standard InChI is InChI=1S/C24H29N5O3S/c1-15-10-16(2)23(17(3)11-15)26-22(31)14-33-24-28-27-20(29(24)4)13-25-21(30)12-18-6-8-19(32-5)9-7-18/h6-11H,12-14H2,1-5H3,(H,25,30)(H,26,31). The van der Waals surface area contributed by atoms with Gasteiger partial charge < -0.3 is 19.9 Å². The average molecular weight is 468 g/mol. The van der Waals surface area contributed by atoms with Crippen LogP contribution in [-0.2, 0) is 29.6 Å². The largest absolute Gasteiger partial charge is 0.497 e. The number of rotatable bonds is 9. The van der Waals surface area contributed by atoms with Gasteiger partial charge in [0.15, 0.2) is 11.0 Å². The van der Waals surface area contributed by atoms with Crippen molar-refractivity contribution in [3.05, 3.63) is 64.5 Å². The van der Waals surface area contributed by atoms with Crippen LogP contribution >= 0.6 is 11.8 Å². The highest BCUT2D eigenvalue weighted by molar-refractivity contribution is 7.99. The molecule has 174 valence electrons. The summed E-state index contributed by atoms with van der Waals surface area (Å²) < 4.78 is 6.91. The first-order valence-corrected chi connectivity index (χ1v) is 11.5. The van der Waals surface area contributed by atoms with Crippen molar-refractivity contribution >= 4 is 29.3 Å². The third-order valence-corrected chi connectivity index (χ3v) is 6.19. The molecule has 2 aromatic carbocycles. The highest BCUT2D eigenvalue weighted by Crippen LogP contribution is 2.23. The highest BCUT2D eigenvalue weighted by Gasteiger charge is 2.14. The number of aryl methyl sites for hydroxylation is 3. The van der Waals surface area contributed by atoms with Crippen LogP contribution in [0.25, 0.3) is 0 Å². The number of carbonyl (C=O) groups excluding carboxylic acids is 2. The maximum atomic E-state index is 12.5. The van der Waals surface area contributed by atoms with E-state index in [2.05, 4.69) is 20.8 Å². The van der Waals surface area contributed by atoms with Crippen LogP contribution in [0.15, 0.2) is 41.6 Å². The Morgan fingerprint density at radius 1 is 1.03 bits per heavy atom. The molecule has 0 aliphatic heterocycles. The maximum absolute atomic E-state index is 12.5. The summed E-state index contributed by atoms with van der Waals surface area (Å²) in [6, 6.07) is 11.5. The fraction of sp³-hybridized carbons (Fsp3) is 0.333. The Morgan fingerprint density at radius 2 is 1.70 bits per heavy atom. The predicted molar refractivity (Wildman–Crippen MR) is 130 cm³/mol. The zero-order valence-corrected chi connectivity index (χ0v) is 20.4. The number of aromatic nitrogens is 3. The number of hydrogen-bond acceptors (Lipinski definition) is 6. The zero-order chi connectivity index (χ0) is 24.0. The van der Waals surface area contributed by atoms with Crippen molar-refractivity contribution in [2.24, 2.45) is 7.05 Å². The summed E-state index contributed by atoms with van der Waals surface area (Å²) in [4.78, 5) is 24.7. The number of thioether (sulfide) groups is 1. The van der Waals surface area contributed by atoms with Gasteiger partial charge >= 0.3 is 0 Å². The van der Waals surface area contributed by atoms with E-state index in [1.807, 2.05) is 64.2 Å². The van der Waals surface area contributed by atoms with Crippen molar-refractivity contribution in [3.63, 3.8) is 0 Å². The molecule has 33 heavy (non-hydrogen) atoms. The molecule has 8 nitrogen and oxygen atoms in total. The van der Waals surface area contributed by atoms with Gasteiger partial charge in [0, 0.05) is 12.7 Å². The number of hydrogen-bond donors (Lipinski definition) is 2. The first-order valence-electron chi connectivity index (χ1n) is 10.5. The van der Waals surface area contributed by atoms with E-state index in [-0.39, 0.29) is 30.5 Å². The summed E-state index contributed by atoms with van der Waals surface area (Å²) in [6.07, 6.45) is 0.265. The molecule has 0 fully saturated rings. The maximum Gasteiger partial charge on any atom is 0.234 e. The second kappa shape index (κ2) is 11.0. The Hall–Kier alpha value is -3.33. The number of methoxy groups -OCH3 is 1. The van der Waals surface area contributed by atoms with E-state index < -0.39 is 0 Å². The van der Waals surface area contributed by atoms with E-state index in [1.165, 1.54) is 17.3 Å². The lowest BCUT2D eigenvalue weighted by Gasteiger charge is -2.12. The molecule has 0 saturated carbocycles. The zero-order valence-electron chi connectivity index (χ0n) is 19.6. The molecule has 2 N–H and O–H groups in total. The topological polar surface area (TPSA) is 98.1 Å². The molecule has 0 spiro atoms. The van der Waals surface area contributed by atoms with Gasteiger partial charge in [-0.2, -0.15) is 0 Å². The quantitative estimate of drug-likeness (QED) is 0.469.